The van der Waals surface area contributed by atoms with Crippen molar-refractivity contribution in [2.45, 2.75) is 17.8 Å². The number of ether oxygens (including phenoxy) is 1. The van der Waals surface area contributed by atoms with Crippen molar-refractivity contribution in [1.29, 1.82) is 0 Å². The van der Waals surface area contributed by atoms with E-state index in [2.05, 4.69) is 0 Å². The van der Waals surface area contributed by atoms with Crippen molar-refractivity contribution in [3.05, 3.63) is 35.9 Å². The first-order chi connectivity index (χ1) is 10.1. The summed E-state index contributed by atoms with van der Waals surface area (Å²) < 4.78 is 4.97. The van der Waals surface area contributed by atoms with Gasteiger partial charge in [0.1, 0.15) is 6.61 Å². The summed E-state index contributed by atoms with van der Waals surface area (Å²) in [6, 6.07) is 9.51. The van der Waals surface area contributed by atoms with Gasteiger partial charge in [-0.2, -0.15) is 11.8 Å². The maximum atomic E-state index is 12.0. The van der Waals surface area contributed by atoms with Gasteiger partial charge < -0.3 is 14.7 Å². The molecule has 5 nitrogen and oxygen atoms in total. The number of likely N-dealkylation sites (tertiary alicyclic amines) is 1. The lowest BCUT2D eigenvalue weighted by atomic mass is 9.83. The molecule has 1 amide bonds. The number of rotatable bonds is 3. The van der Waals surface area contributed by atoms with Gasteiger partial charge in [-0.1, -0.05) is 30.3 Å². The van der Waals surface area contributed by atoms with Crippen molar-refractivity contribution >= 4 is 23.8 Å². The van der Waals surface area contributed by atoms with Crippen LogP contribution in [0.2, 0.25) is 0 Å². The Bertz CT molecular complexity index is 542. The van der Waals surface area contributed by atoms with Crippen LogP contribution in [0, 0.1) is 5.92 Å². The van der Waals surface area contributed by atoms with E-state index in [1.54, 1.807) is 16.7 Å². The zero-order valence-electron chi connectivity index (χ0n) is 11.5. The van der Waals surface area contributed by atoms with E-state index in [-0.39, 0.29) is 23.4 Å². The SMILES string of the molecule is O=C(O)C1CCSC12CN(C(=O)OCc1ccccc1)C2. The number of thioether (sulfide) groups is 1. The Balaban J connectivity index is 1.52. The van der Waals surface area contributed by atoms with Gasteiger partial charge in [0.25, 0.3) is 0 Å². The van der Waals surface area contributed by atoms with Crippen molar-refractivity contribution < 1.29 is 19.4 Å². The van der Waals surface area contributed by atoms with E-state index in [0.717, 1.165) is 11.3 Å². The Hall–Kier alpha value is -1.69. The molecule has 0 bridgehead atoms. The zero-order chi connectivity index (χ0) is 14.9. The van der Waals surface area contributed by atoms with Crippen molar-refractivity contribution in [3.63, 3.8) is 0 Å². The first kappa shape index (κ1) is 14.3. The largest absolute Gasteiger partial charge is 0.481 e. The number of carbonyl (C=O) groups excluding carboxylic acids is 1. The van der Waals surface area contributed by atoms with Gasteiger partial charge in [-0.05, 0) is 17.7 Å². The minimum atomic E-state index is -0.752. The molecule has 2 fully saturated rings. The van der Waals surface area contributed by atoms with E-state index in [4.69, 9.17) is 4.74 Å². The molecule has 1 spiro atoms. The molecule has 6 heteroatoms. The molecule has 1 N–H and O–H groups in total. The fraction of sp³-hybridized carbons (Fsp3) is 0.467. The van der Waals surface area contributed by atoms with Gasteiger partial charge in [-0.3, -0.25) is 4.79 Å². The Labute approximate surface area is 127 Å². The molecule has 1 atom stereocenters. The van der Waals surface area contributed by atoms with Crippen molar-refractivity contribution in [2.75, 3.05) is 18.8 Å². The number of carboxylic acid groups (broad SMARTS) is 1. The van der Waals surface area contributed by atoms with E-state index >= 15 is 0 Å². The quantitative estimate of drug-likeness (QED) is 0.927. The molecule has 1 aromatic carbocycles. The predicted molar refractivity (Wildman–Crippen MR) is 79.1 cm³/mol. The van der Waals surface area contributed by atoms with Crippen LogP contribution in [0.4, 0.5) is 4.79 Å². The molecule has 1 aromatic rings. The summed E-state index contributed by atoms with van der Waals surface area (Å²) in [5.74, 6) is -0.248. The summed E-state index contributed by atoms with van der Waals surface area (Å²) in [5, 5.41) is 9.24. The summed E-state index contributed by atoms with van der Waals surface area (Å²) in [6.07, 6.45) is 0.327. The fourth-order valence-corrected chi connectivity index (χ4v) is 4.62. The molecule has 0 saturated carbocycles. The molecular formula is C15H17NO4S. The van der Waals surface area contributed by atoms with Crippen LogP contribution in [-0.2, 0) is 16.1 Å². The topological polar surface area (TPSA) is 66.8 Å². The standard InChI is InChI=1S/C15H17NO4S/c17-13(18)12-6-7-21-15(12)9-16(10-15)14(19)20-8-11-4-2-1-3-5-11/h1-5,12H,6-10H2,(H,17,18). The van der Waals surface area contributed by atoms with Gasteiger partial charge in [0.15, 0.2) is 0 Å². The Kier molecular flexibility index (Phi) is 3.80. The summed E-state index contributed by atoms with van der Waals surface area (Å²) in [4.78, 5) is 24.8. The highest BCUT2D eigenvalue weighted by Gasteiger charge is 2.56. The minimum Gasteiger partial charge on any atom is -0.481 e. The lowest BCUT2D eigenvalue weighted by molar-refractivity contribution is -0.144. The number of nitrogens with zero attached hydrogens (tertiary/aromatic N) is 1. The maximum absolute atomic E-state index is 12.0. The van der Waals surface area contributed by atoms with Crippen LogP contribution < -0.4 is 0 Å². The van der Waals surface area contributed by atoms with E-state index in [1.807, 2.05) is 30.3 Å². The van der Waals surface area contributed by atoms with Gasteiger partial charge >= 0.3 is 12.1 Å². The molecule has 2 aliphatic heterocycles. The van der Waals surface area contributed by atoms with Gasteiger partial charge in [-0.25, -0.2) is 4.79 Å². The molecule has 1 unspecified atom stereocenters. The van der Waals surface area contributed by atoms with E-state index in [0.29, 0.717) is 19.5 Å². The van der Waals surface area contributed by atoms with Crippen LogP contribution in [0.15, 0.2) is 30.3 Å². The molecule has 3 rings (SSSR count). The van der Waals surface area contributed by atoms with Crippen LogP contribution in [0.3, 0.4) is 0 Å². The monoisotopic (exact) mass is 307 g/mol. The van der Waals surface area contributed by atoms with Crippen LogP contribution >= 0.6 is 11.8 Å². The van der Waals surface area contributed by atoms with Crippen LogP contribution in [0.1, 0.15) is 12.0 Å². The van der Waals surface area contributed by atoms with Crippen LogP contribution in [0.5, 0.6) is 0 Å². The molecule has 2 aliphatic rings. The zero-order valence-corrected chi connectivity index (χ0v) is 12.3. The number of amides is 1. The lowest BCUT2D eigenvalue weighted by Crippen LogP contribution is -2.64. The number of hydrogen-bond donors (Lipinski definition) is 1. The summed E-state index contributed by atoms with van der Waals surface area (Å²) >= 11 is 1.67. The summed E-state index contributed by atoms with van der Waals surface area (Å²) in [6.45, 7) is 1.20. The first-order valence-electron chi connectivity index (χ1n) is 6.93. The number of carboxylic acids is 1. The number of hydrogen-bond acceptors (Lipinski definition) is 4. The average molecular weight is 307 g/mol. The number of aliphatic carboxylic acids is 1. The normalized spacial score (nSPS) is 22.9. The van der Waals surface area contributed by atoms with E-state index in [9.17, 15) is 14.7 Å². The average Bonchev–Trinajstić information content (AvgIpc) is 2.89. The number of carbonyl (C=O) groups is 2. The molecule has 2 saturated heterocycles. The Morgan fingerprint density at radius 3 is 2.71 bits per heavy atom. The third kappa shape index (κ3) is 2.72. The molecular weight excluding hydrogens is 290 g/mol. The van der Waals surface area contributed by atoms with Crippen molar-refractivity contribution in [1.82, 2.24) is 4.90 Å². The van der Waals surface area contributed by atoms with E-state index < -0.39 is 5.97 Å². The third-order valence-corrected chi connectivity index (χ3v) is 5.67. The molecule has 2 heterocycles. The fourth-order valence-electron chi connectivity index (χ4n) is 2.94. The second-order valence-electron chi connectivity index (χ2n) is 5.49. The van der Waals surface area contributed by atoms with Crippen molar-refractivity contribution in [3.8, 4) is 0 Å². The third-order valence-electron chi connectivity index (χ3n) is 4.11. The molecule has 0 aliphatic carbocycles. The molecule has 112 valence electrons. The first-order valence-corrected chi connectivity index (χ1v) is 7.92. The van der Waals surface area contributed by atoms with Crippen LogP contribution in [0.25, 0.3) is 0 Å². The lowest BCUT2D eigenvalue weighted by Gasteiger charge is -2.48. The second kappa shape index (κ2) is 5.60. The van der Waals surface area contributed by atoms with Gasteiger partial charge in [-0.15, -0.1) is 0 Å². The van der Waals surface area contributed by atoms with Gasteiger partial charge in [0.2, 0.25) is 0 Å². The number of benzene rings is 1. The maximum Gasteiger partial charge on any atom is 0.410 e. The Morgan fingerprint density at radius 1 is 1.33 bits per heavy atom. The van der Waals surface area contributed by atoms with Gasteiger partial charge in [0, 0.05) is 13.1 Å². The smallest absolute Gasteiger partial charge is 0.410 e. The van der Waals surface area contributed by atoms with Gasteiger partial charge in [0.05, 0.1) is 10.7 Å². The molecule has 0 aromatic heterocycles. The second-order valence-corrected chi connectivity index (χ2v) is 7.00. The highest BCUT2D eigenvalue weighted by Crippen LogP contribution is 2.49. The summed E-state index contributed by atoms with van der Waals surface area (Å²) in [5.41, 5.74) is 0.944. The highest BCUT2D eigenvalue weighted by atomic mass is 32.2. The predicted octanol–water partition coefficient (Wildman–Crippen LogP) is 2.22. The van der Waals surface area contributed by atoms with E-state index in [1.165, 1.54) is 0 Å². The van der Waals surface area contributed by atoms with Crippen molar-refractivity contribution in [2.24, 2.45) is 5.92 Å². The minimum absolute atomic E-state index is 0.249. The molecule has 0 radical (unpaired) electrons. The molecule has 21 heavy (non-hydrogen) atoms. The van der Waals surface area contributed by atoms with Crippen LogP contribution in [-0.4, -0.2) is 45.7 Å². The Morgan fingerprint density at radius 2 is 2.05 bits per heavy atom. The summed E-state index contributed by atoms with van der Waals surface area (Å²) in [7, 11) is 0. The highest BCUT2D eigenvalue weighted by molar-refractivity contribution is 8.01.